The summed E-state index contributed by atoms with van der Waals surface area (Å²) < 4.78 is 0.782. The number of halogens is 1. The van der Waals surface area contributed by atoms with Crippen molar-refractivity contribution in [1.82, 2.24) is 9.97 Å². The van der Waals surface area contributed by atoms with Gasteiger partial charge in [-0.05, 0) is 23.6 Å². The minimum absolute atomic E-state index is 0.404. The molecule has 0 saturated carbocycles. The lowest BCUT2D eigenvalue weighted by Gasteiger charge is -2.07. The zero-order chi connectivity index (χ0) is 13.2. The lowest BCUT2D eigenvalue weighted by Crippen LogP contribution is -2.11. The second kappa shape index (κ2) is 5.30. The first kappa shape index (κ1) is 12.6. The van der Waals surface area contributed by atoms with Gasteiger partial charge in [-0.3, -0.25) is 5.43 Å². The number of nitrogen functional groups attached to an aromatic ring is 1. The SMILES string of the molecule is NNc1nc(NCc2ccc(Cl)s2)c2ccsc2n1. The van der Waals surface area contributed by atoms with Crippen LogP contribution in [0.3, 0.4) is 0 Å². The molecule has 98 valence electrons. The molecule has 0 fully saturated rings. The highest BCUT2D eigenvalue weighted by Gasteiger charge is 2.08. The summed E-state index contributed by atoms with van der Waals surface area (Å²) in [6.45, 7) is 0.670. The molecule has 3 heterocycles. The number of hydrazine groups is 1. The van der Waals surface area contributed by atoms with E-state index in [1.165, 1.54) is 0 Å². The molecule has 4 N–H and O–H groups in total. The minimum Gasteiger partial charge on any atom is -0.364 e. The lowest BCUT2D eigenvalue weighted by molar-refractivity contribution is 1.11. The average Bonchev–Trinajstić information content (AvgIpc) is 3.04. The number of thiophene rings is 2. The Morgan fingerprint density at radius 1 is 1.26 bits per heavy atom. The van der Waals surface area contributed by atoms with Gasteiger partial charge in [-0.15, -0.1) is 22.7 Å². The molecule has 0 amide bonds. The molecule has 5 nitrogen and oxygen atoms in total. The van der Waals surface area contributed by atoms with Crippen LogP contribution in [0.15, 0.2) is 23.6 Å². The molecule has 0 bridgehead atoms. The minimum atomic E-state index is 0.404. The third-order valence-corrected chi connectivity index (χ3v) is 4.55. The molecule has 0 unspecified atom stereocenters. The number of fused-ring (bicyclic) bond motifs is 1. The van der Waals surface area contributed by atoms with Crippen molar-refractivity contribution in [1.29, 1.82) is 0 Å². The predicted molar refractivity (Wildman–Crippen MR) is 81.9 cm³/mol. The highest BCUT2D eigenvalue weighted by Crippen LogP contribution is 2.27. The zero-order valence-electron chi connectivity index (χ0n) is 9.68. The van der Waals surface area contributed by atoms with Gasteiger partial charge in [0.05, 0.1) is 16.3 Å². The van der Waals surface area contributed by atoms with E-state index in [1.54, 1.807) is 22.7 Å². The molecule has 0 aliphatic heterocycles. The Hall–Kier alpha value is -1.41. The lowest BCUT2D eigenvalue weighted by atomic mass is 10.3. The molecule has 0 atom stereocenters. The van der Waals surface area contributed by atoms with E-state index in [2.05, 4.69) is 20.7 Å². The molecule has 3 aromatic rings. The highest BCUT2D eigenvalue weighted by molar-refractivity contribution is 7.17. The second-order valence-electron chi connectivity index (χ2n) is 3.74. The van der Waals surface area contributed by atoms with Gasteiger partial charge >= 0.3 is 0 Å². The van der Waals surface area contributed by atoms with Gasteiger partial charge in [-0.1, -0.05) is 11.6 Å². The number of nitrogens with two attached hydrogens (primary N) is 1. The molecule has 0 saturated heterocycles. The van der Waals surface area contributed by atoms with E-state index in [1.807, 2.05) is 23.6 Å². The number of nitrogens with one attached hydrogen (secondary N) is 2. The Morgan fingerprint density at radius 2 is 2.16 bits per heavy atom. The fourth-order valence-electron chi connectivity index (χ4n) is 1.67. The summed E-state index contributed by atoms with van der Waals surface area (Å²) in [7, 11) is 0. The Labute approximate surface area is 122 Å². The first-order valence-corrected chi connectivity index (χ1v) is 7.53. The van der Waals surface area contributed by atoms with E-state index in [9.17, 15) is 0 Å². The van der Waals surface area contributed by atoms with Crippen LogP contribution in [-0.4, -0.2) is 9.97 Å². The van der Waals surface area contributed by atoms with Crippen molar-refractivity contribution in [3.8, 4) is 0 Å². The molecular formula is C11H10ClN5S2. The number of nitrogens with zero attached hydrogens (tertiary/aromatic N) is 2. The van der Waals surface area contributed by atoms with Crippen LogP contribution in [0.1, 0.15) is 4.88 Å². The van der Waals surface area contributed by atoms with Crippen molar-refractivity contribution < 1.29 is 0 Å². The quantitative estimate of drug-likeness (QED) is 0.509. The van der Waals surface area contributed by atoms with Crippen molar-refractivity contribution in [3.63, 3.8) is 0 Å². The monoisotopic (exact) mass is 311 g/mol. The van der Waals surface area contributed by atoms with Gasteiger partial charge in [0, 0.05) is 4.88 Å². The normalized spacial score (nSPS) is 10.8. The number of rotatable bonds is 4. The van der Waals surface area contributed by atoms with Gasteiger partial charge in [0.2, 0.25) is 5.95 Å². The zero-order valence-corrected chi connectivity index (χ0v) is 12.1. The van der Waals surface area contributed by atoms with Crippen molar-refractivity contribution in [2.45, 2.75) is 6.54 Å². The number of hydrogen-bond donors (Lipinski definition) is 3. The highest BCUT2D eigenvalue weighted by atomic mass is 35.5. The largest absolute Gasteiger partial charge is 0.364 e. The van der Waals surface area contributed by atoms with E-state index in [0.717, 1.165) is 25.2 Å². The summed E-state index contributed by atoms with van der Waals surface area (Å²) >= 11 is 9.01. The van der Waals surface area contributed by atoms with Crippen molar-refractivity contribution in [2.24, 2.45) is 5.84 Å². The summed E-state index contributed by atoms with van der Waals surface area (Å²) in [6.07, 6.45) is 0. The summed E-state index contributed by atoms with van der Waals surface area (Å²) in [5.74, 6) is 6.55. The van der Waals surface area contributed by atoms with Crippen LogP contribution in [0.5, 0.6) is 0 Å². The third-order valence-electron chi connectivity index (χ3n) is 2.51. The van der Waals surface area contributed by atoms with Crippen molar-refractivity contribution in [3.05, 3.63) is 32.8 Å². The van der Waals surface area contributed by atoms with Crippen molar-refractivity contribution in [2.75, 3.05) is 10.7 Å². The van der Waals surface area contributed by atoms with Gasteiger partial charge in [0.1, 0.15) is 10.6 Å². The first-order valence-electron chi connectivity index (χ1n) is 5.46. The first-order chi connectivity index (χ1) is 9.26. The van der Waals surface area contributed by atoms with Crippen LogP contribution in [0, 0.1) is 0 Å². The van der Waals surface area contributed by atoms with Crippen LogP contribution in [-0.2, 0) is 6.54 Å². The number of anilines is 2. The summed E-state index contributed by atoms with van der Waals surface area (Å²) in [5, 5.41) is 6.26. The molecule has 3 rings (SSSR count). The van der Waals surface area contributed by atoms with Crippen molar-refractivity contribution >= 4 is 56.3 Å². The Bertz CT molecular complexity index is 708. The second-order valence-corrected chi connectivity index (χ2v) is 6.43. The molecule has 0 aromatic carbocycles. The topological polar surface area (TPSA) is 75.9 Å². The van der Waals surface area contributed by atoms with Crippen LogP contribution in [0.25, 0.3) is 10.2 Å². The molecule has 8 heteroatoms. The number of hydrogen-bond acceptors (Lipinski definition) is 7. The van der Waals surface area contributed by atoms with E-state index in [4.69, 9.17) is 17.4 Å². The predicted octanol–water partition coefficient (Wildman–Crippen LogP) is 3.30. The van der Waals surface area contributed by atoms with Gasteiger partial charge in [-0.2, -0.15) is 4.98 Å². The van der Waals surface area contributed by atoms with Gasteiger partial charge in [0.25, 0.3) is 0 Å². The van der Waals surface area contributed by atoms with Gasteiger partial charge in [0.15, 0.2) is 0 Å². The van der Waals surface area contributed by atoms with E-state index < -0.39 is 0 Å². The van der Waals surface area contributed by atoms with Crippen LogP contribution in [0.4, 0.5) is 11.8 Å². The summed E-state index contributed by atoms with van der Waals surface area (Å²) in [5.41, 5.74) is 2.48. The van der Waals surface area contributed by atoms with Gasteiger partial charge in [-0.25, -0.2) is 10.8 Å². The average molecular weight is 312 g/mol. The molecule has 0 spiro atoms. The number of aromatic nitrogens is 2. The molecule has 0 aliphatic rings. The fraction of sp³-hybridized carbons (Fsp3) is 0.0909. The van der Waals surface area contributed by atoms with Gasteiger partial charge < -0.3 is 5.32 Å². The smallest absolute Gasteiger partial charge is 0.240 e. The maximum atomic E-state index is 5.91. The maximum absolute atomic E-state index is 5.91. The Morgan fingerprint density at radius 3 is 2.89 bits per heavy atom. The summed E-state index contributed by atoms with van der Waals surface area (Å²) in [4.78, 5) is 10.7. The molecule has 3 aromatic heterocycles. The third kappa shape index (κ3) is 2.64. The molecule has 0 aliphatic carbocycles. The Balaban J connectivity index is 1.88. The fourth-order valence-corrected chi connectivity index (χ4v) is 3.46. The van der Waals surface area contributed by atoms with Crippen LogP contribution < -0.4 is 16.6 Å². The molecular weight excluding hydrogens is 302 g/mol. The Kier molecular flexibility index (Phi) is 3.52. The molecule has 19 heavy (non-hydrogen) atoms. The van der Waals surface area contributed by atoms with E-state index in [-0.39, 0.29) is 0 Å². The van der Waals surface area contributed by atoms with E-state index in [0.29, 0.717) is 12.5 Å². The van der Waals surface area contributed by atoms with Crippen LogP contribution >= 0.6 is 34.3 Å². The van der Waals surface area contributed by atoms with Crippen LogP contribution in [0.2, 0.25) is 4.34 Å². The maximum Gasteiger partial charge on any atom is 0.240 e. The molecule has 0 radical (unpaired) electrons. The standard InChI is InChI=1S/C11H10ClN5S2/c12-8-2-1-6(19-8)5-14-9-7-3-4-18-10(7)16-11(15-9)17-13/h1-4H,5,13H2,(H2,14,15,16,17). The summed E-state index contributed by atoms with van der Waals surface area (Å²) in [6, 6.07) is 5.87. The van der Waals surface area contributed by atoms with E-state index >= 15 is 0 Å².